The summed E-state index contributed by atoms with van der Waals surface area (Å²) in [6.07, 6.45) is -0.753. The molecule has 0 aliphatic carbocycles. The zero-order valence-corrected chi connectivity index (χ0v) is 9.85. The van der Waals surface area contributed by atoms with E-state index in [2.05, 4.69) is 0 Å². The van der Waals surface area contributed by atoms with Gasteiger partial charge in [-0.15, -0.1) is 0 Å². The van der Waals surface area contributed by atoms with Crippen molar-refractivity contribution in [2.45, 2.75) is 19.1 Å². The number of aryl methyl sites for hydroxylation is 1. The third-order valence-corrected chi connectivity index (χ3v) is 2.95. The molecule has 5 N–H and O–H groups in total. The van der Waals surface area contributed by atoms with Crippen LogP contribution in [-0.4, -0.2) is 31.0 Å². The number of ether oxygens (including phenoxy) is 2. The summed E-state index contributed by atoms with van der Waals surface area (Å²) in [5, 5.41) is 9.69. The largest absolute Gasteiger partial charge is 0.486 e. The van der Waals surface area contributed by atoms with Crippen LogP contribution in [0, 0.1) is 6.92 Å². The number of benzene rings is 1. The van der Waals surface area contributed by atoms with E-state index >= 15 is 0 Å². The number of fused-ring (bicyclic) bond motifs is 1. The average molecular weight is 238 g/mol. The van der Waals surface area contributed by atoms with Gasteiger partial charge in [-0.1, -0.05) is 0 Å². The van der Waals surface area contributed by atoms with Gasteiger partial charge in [-0.3, -0.25) is 0 Å². The minimum Gasteiger partial charge on any atom is -0.486 e. The Balaban J connectivity index is 2.34. The minimum absolute atomic E-state index is 0.134. The van der Waals surface area contributed by atoms with Gasteiger partial charge in [-0.2, -0.15) is 0 Å². The highest BCUT2D eigenvalue weighted by molar-refractivity contribution is 5.48. The molecular weight excluding hydrogens is 220 g/mol. The van der Waals surface area contributed by atoms with Crippen LogP contribution in [0.3, 0.4) is 0 Å². The predicted molar refractivity (Wildman–Crippen MR) is 64.2 cm³/mol. The molecule has 0 saturated carbocycles. The average Bonchev–Trinajstić information content (AvgIpc) is 2.36. The van der Waals surface area contributed by atoms with Gasteiger partial charge in [0.2, 0.25) is 0 Å². The number of rotatable bonds is 3. The SMILES string of the molecule is Cc1cc2c(cc1C(N)C(O)CN)OCCO2. The van der Waals surface area contributed by atoms with Crippen LogP contribution in [0.15, 0.2) is 12.1 Å². The van der Waals surface area contributed by atoms with Crippen molar-refractivity contribution >= 4 is 0 Å². The molecule has 0 fully saturated rings. The molecule has 2 unspecified atom stereocenters. The lowest BCUT2D eigenvalue weighted by molar-refractivity contribution is 0.151. The monoisotopic (exact) mass is 238 g/mol. The van der Waals surface area contributed by atoms with Crippen LogP contribution in [-0.2, 0) is 0 Å². The minimum atomic E-state index is -0.753. The second-order valence-corrected chi connectivity index (χ2v) is 4.18. The van der Waals surface area contributed by atoms with Crippen molar-refractivity contribution in [3.63, 3.8) is 0 Å². The molecule has 2 atom stereocenters. The van der Waals surface area contributed by atoms with E-state index < -0.39 is 12.1 Å². The lowest BCUT2D eigenvalue weighted by Gasteiger charge is -2.24. The Bertz CT molecular complexity index is 409. The molecule has 1 aromatic carbocycles. The van der Waals surface area contributed by atoms with Crippen LogP contribution in [0.1, 0.15) is 17.2 Å². The number of nitrogens with two attached hydrogens (primary N) is 2. The first-order valence-electron chi connectivity index (χ1n) is 5.67. The van der Waals surface area contributed by atoms with Crippen LogP contribution in [0.2, 0.25) is 0 Å². The van der Waals surface area contributed by atoms with Gasteiger partial charge < -0.3 is 26.0 Å². The highest BCUT2D eigenvalue weighted by Crippen LogP contribution is 2.35. The number of hydrogen-bond acceptors (Lipinski definition) is 5. The maximum Gasteiger partial charge on any atom is 0.161 e. The van der Waals surface area contributed by atoms with Gasteiger partial charge >= 0.3 is 0 Å². The molecule has 5 nitrogen and oxygen atoms in total. The third kappa shape index (κ3) is 2.36. The quantitative estimate of drug-likeness (QED) is 0.694. The number of hydrogen-bond donors (Lipinski definition) is 3. The van der Waals surface area contributed by atoms with Crippen molar-refractivity contribution in [1.29, 1.82) is 0 Å². The fraction of sp³-hybridized carbons (Fsp3) is 0.500. The topological polar surface area (TPSA) is 90.7 Å². The summed E-state index contributed by atoms with van der Waals surface area (Å²) in [6, 6.07) is 3.20. The van der Waals surface area contributed by atoms with E-state index in [9.17, 15) is 5.11 Å². The molecule has 1 aliphatic rings. The van der Waals surface area contributed by atoms with E-state index in [4.69, 9.17) is 20.9 Å². The molecule has 0 bridgehead atoms. The zero-order valence-electron chi connectivity index (χ0n) is 9.85. The van der Waals surface area contributed by atoms with Crippen LogP contribution >= 0.6 is 0 Å². The molecule has 5 heteroatoms. The molecule has 94 valence electrons. The molecule has 0 spiro atoms. The molecule has 0 aromatic heterocycles. The van der Waals surface area contributed by atoms with E-state index in [0.29, 0.717) is 19.0 Å². The van der Waals surface area contributed by atoms with E-state index in [1.807, 2.05) is 19.1 Å². The Morgan fingerprint density at radius 1 is 1.29 bits per heavy atom. The Hall–Kier alpha value is -1.30. The van der Waals surface area contributed by atoms with Crippen molar-refractivity contribution in [2.24, 2.45) is 11.5 Å². The van der Waals surface area contributed by atoms with Crippen LogP contribution < -0.4 is 20.9 Å². The van der Waals surface area contributed by atoms with E-state index in [1.165, 1.54) is 0 Å². The van der Waals surface area contributed by atoms with Crippen LogP contribution in [0.4, 0.5) is 0 Å². The fourth-order valence-corrected chi connectivity index (χ4v) is 1.92. The van der Waals surface area contributed by atoms with Gasteiger partial charge in [0.05, 0.1) is 12.1 Å². The molecule has 1 heterocycles. The van der Waals surface area contributed by atoms with Crippen LogP contribution in [0.5, 0.6) is 11.5 Å². The van der Waals surface area contributed by atoms with Crippen molar-refractivity contribution in [1.82, 2.24) is 0 Å². The Kier molecular flexibility index (Phi) is 3.51. The Labute approximate surface area is 100 Å². The summed E-state index contributed by atoms with van der Waals surface area (Å²) < 4.78 is 11.0. The first-order chi connectivity index (χ1) is 8.13. The summed E-state index contributed by atoms with van der Waals surface area (Å²) in [5.74, 6) is 1.41. The summed E-state index contributed by atoms with van der Waals surface area (Å²) in [5.41, 5.74) is 13.2. The maximum atomic E-state index is 9.69. The van der Waals surface area contributed by atoms with E-state index in [1.54, 1.807) is 0 Å². The van der Waals surface area contributed by atoms with E-state index in [-0.39, 0.29) is 6.54 Å². The molecule has 0 radical (unpaired) electrons. The summed E-state index contributed by atoms with van der Waals surface area (Å²) >= 11 is 0. The second kappa shape index (κ2) is 4.91. The fourth-order valence-electron chi connectivity index (χ4n) is 1.92. The predicted octanol–water partition coefficient (Wildman–Crippen LogP) is 0.0856. The van der Waals surface area contributed by atoms with Gasteiger partial charge in [0, 0.05) is 6.54 Å². The van der Waals surface area contributed by atoms with Crippen molar-refractivity contribution < 1.29 is 14.6 Å². The smallest absolute Gasteiger partial charge is 0.161 e. The first-order valence-corrected chi connectivity index (χ1v) is 5.67. The highest BCUT2D eigenvalue weighted by Gasteiger charge is 2.21. The van der Waals surface area contributed by atoms with Crippen LogP contribution in [0.25, 0.3) is 0 Å². The maximum absolute atomic E-state index is 9.69. The second-order valence-electron chi connectivity index (χ2n) is 4.18. The molecule has 17 heavy (non-hydrogen) atoms. The molecule has 2 rings (SSSR count). The molecule has 1 aliphatic heterocycles. The summed E-state index contributed by atoms with van der Waals surface area (Å²) in [4.78, 5) is 0. The highest BCUT2D eigenvalue weighted by atomic mass is 16.6. The van der Waals surface area contributed by atoms with Crippen molar-refractivity contribution in [3.05, 3.63) is 23.3 Å². The summed E-state index contributed by atoms with van der Waals surface area (Å²) in [6.45, 7) is 3.15. The molecule has 0 saturated heterocycles. The molecule has 0 amide bonds. The van der Waals surface area contributed by atoms with Gasteiger partial charge in [-0.05, 0) is 30.2 Å². The van der Waals surface area contributed by atoms with E-state index in [0.717, 1.165) is 16.9 Å². The number of aliphatic hydroxyl groups is 1. The lowest BCUT2D eigenvalue weighted by atomic mass is 9.97. The van der Waals surface area contributed by atoms with Gasteiger partial charge in [0.1, 0.15) is 13.2 Å². The lowest BCUT2D eigenvalue weighted by Crippen LogP contribution is -2.33. The van der Waals surface area contributed by atoms with Gasteiger partial charge in [-0.25, -0.2) is 0 Å². The molecular formula is C12H18N2O3. The molecule has 1 aromatic rings. The van der Waals surface area contributed by atoms with Crippen molar-refractivity contribution in [3.8, 4) is 11.5 Å². The van der Waals surface area contributed by atoms with Gasteiger partial charge in [0.25, 0.3) is 0 Å². The summed E-state index contributed by atoms with van der Waals surface area (Å²) in [7, 11) is 0. The standard InChI is InChI=1S/C12H18N2O3/c1-7-4-10-11(17-3-2-16-10)5-8(7)12(14)9(15)6-13/h4-5,9,12,15H,2-3,6,13-14H2,1H3. The third-order valence-electron chi connectivity index (χ3n) is 2.95. The van der Waals surface area contributed by atoms with Crippen molar-refractivity contribution in [2.75, 3.05) is 19.8 Å². The first kappa shape index (κ1) is 12.2. The van der Waals surface area contributed by atoms with Gasteiger partial charge in [0.15, 0.2) is 11.5 Å². The number of aliphatic hydroxyl groups excluding tert-OH is 1. The normalized spacial score (nSPS) is 17.6. The zero-order chi connectivity index (χ0) is 12.4. The Morgan fingerprint density at radius 3 is 2.47 bits per heavy atom. The Morgan fingerprint density at radius 2 is 1.88 bits per heavy atom.